The summed E-state index contributed by atoms with van der Waals surface area (Å²) in [6.45, 7) is 9.13. The third-order valence-corrected chi connectivity index (χ3v) is 6.51. The second kappa shape index (κ2) is 13.0. The topological polar surface area (TPSA) is 120 Å². The van der Waals surface area contributed by atoms with Crippen LogP contribution in [0, 0.1) is 13.8 Å². The van der Waals surface area contributed by atoms with E-state index in [1.54, 1.807) is 45.0 Å². The van der Waals surface area contributed by atoms with Gasteiger partial charge < -0.3 is 24.8 Å². The highest BCUT2D eigenvalue weighted by atomic mass is 16.6. The molecular weight excluding hydrogens is 512 g/mol. The molecule has 0 heterocycles. The number of carbonyl (C=O) groups excluding carboxylic acids is 4. The van der Waals surface area contributed by atoms with E-state index in [0.29, 0.717) is 18.6 Å². The summed E-state index contributed by atoms with van der Waals surface area (Å²) in [5, 5.41) is 5.59. The van der Waals surface area contributed by atoms with E-state index in [1.807, 2.05) is 32.0 Å². The number of methoxy groups -OCH3 is 1. The van der Waals surface area contributed by atoms with Crippen LogP contribution in [0.4, 0.5) is 5.69 Å². The Balaban J connectivity index is 1.66. The van der Waals surface area contributed by atoms with Crippen molar-refractivity contribution in [1.29, 1.82) is 0 Å². The molecule has 1 saturated carbocycles. The second-order valence-electron chi connectivity index (χ2n) is 11.4. The minimum atomic E-state index is -1.20. The number of esters is 2. The highest BCUT2D eigenvalue weighted by molar-refractivity contribution is 5.93. The molecule has 0 unspecified atom stereocenters. The van der Waals surface area contributed by atoms with Crippen molar-refractivity contribution in [2.45, 2.75) is 90.4 Å². The van der Waals surface area contributed by atoms with Gasteiger partial charge in [0, 0.05) is 5.69 Å². The summed E-state index contributed by atoms with van der Waals surface area (Å²) in [5.74, 6) is -1.51. The third-order valence-electron chi connectivity index (χ3n) is 6.51. The highest BCUT2D eigenvalue weighted by Crippen LogP contribution is 2.35. The van der Waals surface area contributed by atoms with Crippen molar-refractivity contribution in [2.75, 3.05) is 12.4 Å². The summed E-state index contributed by atoms with van der Waals surface area (Å²) < 4.78 is 16.4. The molecule has 0 aromatic heterocycles. The van der Waals surface area contributed by atoms with Crippen LogP contribution in [0.3, 0.4) is 0 Å². The molecule has 0 spiro atoms. The molecule has 3 rings (SSSR count). The van der Waals surface area contributed by atoms with Gasteiger partial charge in [-0.1, -0.05) is 18.2 Å². The van der Waals surface area contributed by atoms with E-state index in [4.69, 9.17) is 14.2 Å². The van der Waals surface area contributed by atoms with E-state index in [1.165, 1.54) is 7.11 Å². The molecule has 0 aliphatic heterocycles. The summed E-state index contributed by atoms with van der Waals surface area (Å²) in [5.41, 5.74) is 1.77. The summed E-state index contributed by atoms with van der Waals surface area (Å²) >= 11 is 0. The largest absolute Gasteiger partial charge is 0.477 e. The van der Waals surface area contributed by atoms with Crippen molar-refractivity contribution < 1.29 is 33.4 Å². The molecule has 2 aromatic carbocycles. The summed E-state index contributed by atoms with van der Waals surface area (Å²) in [7, 11) is 1.20. The van der Waals surface area contributed by atoms with Gasteiger partial charge in [0.2, 0.25) is 5.91 Å². The van der Waals surface area contributed by atoms with E-state index in [0.717, 1.165) is 35.2 Å². The zero-order chi connectivity index (χ0) is 29.5. The predicted octanol–water partition coefficient (Wildman–Crippen LogP) is 4.57. The van der Waals surface area contributed by atoms with Gasteiger partial charge in [-0.2, -0.15) is 0 Å². The maximum absolute atomic E-state index is 13.5. The predicted molar refractivity (Wildman–Crippen MR) is 151 cm³/mol. The zero-order valence-electron chi connectivity index (χ0n) is 24.2. The molecule has 9 heteroatoms. The van der Waals surface area contributed by atoms with Crippen LogP contribution in [0.25, 0.3) is 0 Å². The number of aryl methyl sites for hydroxylation is 2. The van der Waals surface area contributed by atoms with E-state index in [2.05, 4.69) is 10.6 Å². The maximum Gasteiger partial charge on any atom is 0.328 e. The summed E-state index contributed by atoms with van der Waals surface area (Å²) in [6.07, 6.45) is 2.30. The van der Waals surface area contributed by atoms with Crippen molar-refractivity contribution in [3.8, 4) is 5.75 Å². The minimum absolute atomic E-state index is 0.135. The molecule has 1 aliphatic carbocycles. The van der Waals surface area contributed by atoms with Crippen molar-refractivity contribution >= 4 is 29.4 Å². The highest BCUT2D eigenvalue weighted by Gasteiger charge is 2.45. The Hall–Kier alpha value is -3.88. The first-order valence-corrected chi connectivity index (χ1v) is 13.6. The van der Waals surface area contributed by atoms with Gasteiger partial charge in [0.25, 0.3) is 5.91 Å². The monoisotopic (exact) mass is 552 g/mol. The van der Waals surface area contributed by atoms with Gasteiger partial charge in [-0.3, -0.25) is 14.4 Å². The average molecular weight is 553 g/mol. The number of rotatable bonds is 10. The quantitative estimate of drug-likeness (QED) is 0.415. The Morgan fingerprint density at radius 1 is 0.950 bits per heavy atom. The van der Waals surface area contributed by atoms with E-state index in [-0.39, 0.29) is 18.7 Å². The number of hydrogen-bond acceptors (Lipinski definition) is 7. The van der Waals surface area contributed by atoms with Crippen LogP contribution in [0.2, 0.25) is 0 Å². The number of nitrogens with one attached hydrogen (secondary N) is 2. The summed E-state index contributed by atoms with van der Waals surface area (Å²) in [4.78, 5) is 50.8. The number of anilines is 1. The van der Waals surface area contributed by atoms with Crippen LogP contribution in [0.1, 0.15) is 69.6 Å². The van der Waals surface area contributed by atoms with Gasteiger partial charge in [0.05, 0.1) is 20.0 Å². The minimum Gasteiger partial charge on any atom is -0.477 e. The number of hydrogen-bond donors (Lipinski definition) is 2. The van der Waals surface area contributed by atoms with Crippen LogP contribution in [-0.2, 0) is 35.1 Å². The van der Waals surface area contributed by atoms with E-state index < -0.39 is 35.1 Å². The smallest absolute Gasteiger partial charge is 0.328 e. The SMILES string of the molecule is COC(=O)[C@H](CC(=O)OC(C)(C)C)NC(=O)C1(Oc2ccc(CC(=O)Nc3cc(C)cc(C)c3)cc2)CCCC1. The van der Waals surface area contributed by atoms with Crippen molar-refractivity contribution in [1.82, 2.24) is 5.32 Å². The molecule has 2 amide bonds. The average Bonchev–Trinajstić information content (AvgIpc) is 3.32. The Morgan fingerprint density at radius 2 is 1.55 bits per heavy atom. The maximum atomic E-state index is 13.5. The number of amides is 2. The molecule has 9 nitrogen and oxygen atoms in total. The molecule has 1 aliphatic rings. The van der Waals surface area contributed by atoms with Gasteiger partial charge in [-0.05, 0) is 101 Å². The van der Waals surface area contributed by atoms with Crippen LogP contribution in [-0.4, -0.2) is 48.1 Å². The number of ether oxygens (including phenoxy) is 3. The molecule has 216 valence electrons. The molecular formula is C31H40N2O7. The normalized spacial score (nSPS) is 15.1. The van der Waals surface area contributed by atoms with Crippen LogP contribution < -0.4 is 15.4 Å². The third kappa shape index (κ3) is 8.83. The fourth-order valence-electron chi connectivity index (χ4n) is 4.84. The van der Waals surface area contributed by atoms with E-state index >= 15 is 0 Å². The second-order valence-corrected chi connectivity index (χ2v) is 11.4. The molecule has 1 fully saturated rings. The Kier molecular flexibility index (Phi) is 9.95. The molecule has 0 radical (unpaired) electrons. The van der Waals surface area contributed by atoms with Gasteiger partial charge in [0.1, 0.15) is 17.4 Å². The Morgan fingerprint density at radius 3 is 2.10 bits per heavy atom. The van der Waals surface area contributed by atoms with Gasteiger partial charge >= 0.3 is 11.9 Å². The molecule has 40 heavy (non-hydrogen) atoms. The van der Waals surface area contributed by atoms with Gasteiger partial charge in [-0.25, -0.2) is 4.79 Å². The molecule has 0 bridgehead atoms. The first kappa shape index (κ1) is 30.7. The Labute approximate surface area is 236 Å². The van der Waals surface area contributed by atoms with Crippen LogP contribution in [0.15, 0.2) is 42.5 Å². The number of benzene rings is 2. The lowest BCUT2D eigenvalue weighted by molar-refractivity contribution is -0.160. The van der Waals surface area contributed by atoms with E-state index in [9.17, 15) is 19.2 Å². The molecule has 2 N–H and O–H groups in total. The first-order valence-electron chi connectivity index (χ1n) is 13.6. The fraction of sp³-hybridized carbons (Fsp3) is 0.484. The Bertz CT molecular complexity index is 1200. The summed E-state index contributed by atoms with van der Waals surface area (Å²) in [6, 6.07) is 11.7. The fourth-order valence-corrected chi connectivity index (χ4v) is 4.84. The lowest BCUT2D eigenvalue weighted by atomic mass is 9.99. The first-order chi connectivity index (χ1) is 18.8. The molecule has 1 atom stereocenters. The molecule has 2 aromatic rings. The van der Waals surface area contributed by atoms with Crippen LogP contribution in [0.5, 0.6) is 5.75 Å². The number of carbonyl (C=O) groups is 4. The standard InChI is InChI=1S/C31H40N2O7/c1-20-15-21(2)17-23(16-20)32-26(34)18-22-9-11-24(12-10-22)39-31(13-7-8-14-31)29(37)33-25(28(36)38-6)19-27(35)40-30(3,4)5/h9-12,15-17,25H,7-8,13-14,18-19H2,1-6H3,(H,32,34)(H,33,37)/t25-/m0/s1. The van der Waals surface area contributed by atoms with Gasteiger partial charge in [-0.15, -0.1) is 0 Å². The molecule has 0 saturated heterocycles. The van der Waals surface area contributed by atoms with Crippen molar-refractivity contribution in [3.05, 3.63) is 59.2 Å². The van der Waals surface area contributed by atoms with Crippen molar-refractivity contribution in [3.63, 3.8) is 0 Å². The zero-order valence-corrected chi connectivity index (χ0v) is 24.2. The van der Waals surface area contributed by atoms with Crippen molar-refractivity contribution in [2.24, 2.45) is 0 Å². The lowest BCUT2D eigenvalue weighted by Gasteiger charge is -2.31. The van der Waals surface area contributed by atoms with Crippen LogP contribution >= 0.6 is 0 Å². The lowest BCUT2D eigenvalue weighted by Crippen LogP contribution is -2.55. The van der Waals surface area contributed by atoms with Gasteiger partial charge in [0.15, 0.2) is 5.60 Å².